The predicted octanol–water partition coefficient (Wildman–Crippen LogP) is 14.5. The van der Waals surface area contributed by atoms with Gasteiger partial charge in [-0.05, 0) is 79.0 Å². The van der Waals surface area contributed by atoms with E-state index < -0.39 is 26.7 Å². The van der Waals surface area contributed by atoms with Crippen LogP contribution < -0.4 is 5.19 Å². The fourth-order valence-electron chi connectivity index (χ4n) is 6.97. The molecule has 3 aromatic heterocycles. The molecule has 8 rings (SSSR count). The molecule has 297 valence electrons. The third-order valence-corrected chi connectivity index (χ3v) is 13.2. The molecule has 0 spiro atoms. The topological polar surface area (TPSA) is 25.8 Å². The normalized spacial score (nSPS) is 13.6. The summed E-state index contributed by atoms with van der Waals surface area (Å²) in [5.74, 6) is 0. The first-order valence-electron chi connectivity index (χ1n) is 22.1. The van der Waals surface area contributed by atoms with E-state index in [1.807, 2.05) is 93.7 Å². The van der Waals surface area contributed by atoms with Crippen LogP contribution in [0.3, 0.4) is 0 Å². The van der Waals surface area contributed by atoms with Gasteiger partial charge in [0.05, 0.1) is 8.07 Å². The average molecular weight is 976 g/mol. The van der Waals surface area contributed by atoms with Gasteiger partial charge in [-0.3, -0.25) is 0 Å². The molecule has 0 bridgehead atoms. The maximum Gasteiger partial charge on any atom is 0.0798 e. The summed E-state index contributed by atoms with van der Waals surface area (Å²) >= 11 is 1.69. The quantitative estimate of drug-likeness (QED) is 0.123. The molecule has 0 aliphatic carbocycles. The van der Waals surface area contributed by atoms with Crippen LogP contribution in [0.25, 0.3) is 64.9 Å². The van der Waals surface area contributed by atoms with Crippen LogP contribution in [0, 0.1) is 24.4 Å². The summed E-state index contributed by atoms with van der Waals surface area (Å²) in [5.41, 5.74) is 8.85. The van der Waals surface area contributed by atoms with E-state index in [4.69, 9.17) is 16.8 Å². The van der Waals surface area contributed by atoms with E-state index in [2.05, 4.69) is 101 Å². The van der Waals surface area contributed by atoms with Gasteiger partial charge in [0.15, 0.2) is 0 Å². The summed E-state index contributed by atoms with van der Waals surface area (Å²) in [6.45, 7) is 17.0. The van der Waals surface area contributed by atoms with E-state index in [9.17, 15) is 0 Å². The summed E-state index contributed by atoms with van der Waals surface area (Å²) in [6, 6.07) is 46.9. The van der Waals surface area contributed by atoms with Crippen molar-refractivity contribution in [2.75, 3.05) is 0 Å². The van der Waals surface area contributed by atoms with E-state index >= 15 is 0 Å². The van der Waals surface area contributed by atoms with Crippen molar-refractivity contribution in [2.45, 2.75) is 79.8 Å². The Bertz CT molecular complexity index is 2870. The second-order valence-corrected chi connectivity index (χ2v) is 23.8. The van der Waals surface area contributed by atoms with Crippen molar-refractivity contribution in [3.8, 4) is 44.8 Å². The third kappa shape index (κ3) is 9.84. The van der Waals surface area contributed by atoms with Crippen LogP contribution in [0.1, 0.15) is 65.1 Å². The number of rotatable bonds is 6. The summed E-state index contributed by atoms with van der Waals surface area (Å²) < 4.78 is 44.6. The molecule has 0 saturated heterocycles. The molecule has 0 aliphatic heterocycles. The van der Waals surface area contributed by atoms with E-state index in [1.165, 1.54) is 26.8 Å². The minimum absolute atomic E-state index is 0. The number of nitrogens with zero attached hydrogens (tertiary/aromatic N) is 2. The van der Waals surface area contributed by atoms with Gasteiger partial charge in [0.25, 0.3) is 0 Å². The van der Waals surface area contributed by atoms with Crippen molar-refractivity contribution >= 4 is 44.8 Å². The zero-order valence-corrected chi connectivity index (χ0v) is 39.0. The maximum atomic E-state index is 8.89. The molecular weight excluding hydrogens is 917 g/mol. The van der Waals surface area contributed by atoms with E-state index in [0.29, 0.717) is 16.8 Å². The Morgan fingerprint density at radius 3 is 2.02 bits per heavy atom. The Balaban J connectivity index is 0.000000214. The zero-order chi connectivity index (χ0) is 44.8. The molecule has 0 unspecified atom stereocenters. The minimum atomic E-state index is -2.26. The number of hydrogen-bond donors (Lipinski definition) is 0. The number of benzene rings is 5. The van der Waals surface area contributed by atoms with Crippen molar-refractivity contribution < 1.29 is 27.0 Å². The number of pyridine rings is 2. The van der Waals surface area contributed by atoms with E-state index in [0.717, 1.165) is 43.2 Å². The second kappa shape index (κ2) is 17.4. The molecule has 1 radical (unpaired) electrons. The van der Waals surface area contributed by atoms with Gasteiger partial charge >= 0.3 is 0 Å². The molecule has 58 heavy (non-hydrogen) atoms. The van der Waals surface area contributed by atoms with Gasteiger partial charge in [0.2, 0.25) is 0 Å². The Morgan fingerprint density at radius 1 is 0.690 bits per heavy atom. The zero-order valence-electron chi connectivity index (χ0n) is 39.8. The van der Waals surface area contributed by atoms with Gasteiger partial charge in [-0.15, -0.1) is 59.2 Å². The van der Waals surface area contributed by atoms with Crippen molar-refractivity contribution in [3.63, 3.8) is 0 Å². The van der Waals surface area contributed by atoms with Crippen molar-refractivity contribution in [1.82, 2.24) is 9.97 Å². The molecule has 5 heteroatoms. The van der Waals surface area contributed by atoms with Crippen molar-refractivity contribution in [3.05, 3.63) is 163 Å². The maximum absolute atomic E-state index is 8.89. The van der Waals surface area contributed by atoms with Crippen LogP contribution in [-0.2, 0) is 31.9 Å². The van der Waals surface area contributed by atoms with Gasteiger partial charge in [-0.1, -0.05) is 157 Å². The molecule has 0 N–H and O–H groups in total. The van der Waals surface area contributed by atoms with Crippen molar-refractivity contribution in [2.24, 2.45) is 5.41 Å². The number of fused-ring (bicyclic) bond motifs is 3. The van der Waals surface area contributed by atoms with Crippen LogP contribution in [0.2, 0.25) is 19.6 Å². The van der Waals surface area contributed by atoms with Gasteiger partial charge in [0.1, 0.15) is 0 Å². The molecule has 0 atom stereocenters. The first-order chi connectivity index (χ1) is 29.0. The van der Waals surface area contributed by atoms with Crippen LogP contribution in [0.4, 0.5) is 0 Å². The molecule has 0 fully saturated rings. The SMILES string of the molecule is [2H]C([2H])([2H])c1cc(-c2[c-]ccc3c2sc2cc(-c4ccccc4)ccc23)ncc1-c1ccccc1.[2H]C([2H])(c1cc(-c2[c-]ccc(C(C)(C)C)c2)ncc1[Si](C)(C)C)C(C)(C)C.[Ir]. The average Bonchev–Trinajstić information content (AvgIpc) is 3.61. The first-order valence-corrected chi connectivity index (χ1v) is 23.9. The number of aromatic nitrogens is 2. The van der Waals surface area contributed by atoms with Gasteiger partial charge in [-0.2, -0.15) is 11.3 Å². The van der Waals surface area contributed by atoms with E-state index in [1.54, 1.807) is 23.6 Å². The summed E-state index contributed by atoms with van der Waals surface area (Å²) in [4.78, 5) is 9.44. The van der Waals surface area contributed by atoms with Gasteiger partial charge < -0.3 is 9.97 Å². The van der Waals surface area contributed by atoms with Gasteiger partial charge in [-0.25, -0.2) is 0 Å². The second-order valence-electron chi connectivity index (χ2n) is 17.7. The molecule has 0 saturated carbocycles. The van der Waals surface area contributed by atoms with Crippen LogP contribution in [0.5, 0.6) is 0 Å². The number of hydrogen-bond acceptors (Lipinski definition) is 3. The van der Waals surface area contributed by atoms with Gasteiger partial charge in [0, 0.05) is 49.6 Å². The third-order valence-electron chi connectivity index (χ3n) is 9.95. The fourth-order valence-corrected chi connectivity index (χ4v) is 9.61. The Hall–Kier alpha value is -4.51. The Morgan fingerprint density at radius 2 is 1.36 bits per heavy atom. The summed E-state index contributed by atoms with van der Waals surface area (Å²) in [5, 5.41) is 3.40. The standard InChI is InChI=1S/C30H20NS.C23H34NSi.Ir/c1-20-17-28(31-19-27(20)22-11-6-3-7-12-22)26-14-8-13-25-24-16-15-23(18-29(24)32-30(25)26)21-9-4-2-5-10-21;1-22(2,3)15-18-14-20(24-16-21(18)25(7,8)9)17-11-10-12-19(13-17)23(4,5)6;/h2-13,15-19H,1H3;10,12-14,16H,15H2,1-9H3;/q2*-1;/i1D3;15D2;. The predicted molar refractivity (Wildman–Crippen MR) is 250 cm³/mol. The molecule has 8 aromatic rings. The molecular formula is C53H54IrN2SSi-2. The fraction of sp³-hybridized carbons (Fsp3) is 0.245. The molecule has 5 aromatic carbocycles. The van der Waals surface area contributed by atoms with Crippen LogP contribution in [0.15, 0.2) is 134 Å². The molecule has 0 aliphatic rings. The first kappa shape index (κ1) is 36.6. The Kier molecular flexibility index (Phi) is 11.0. The summed E-state index contributed by atoms with van der Waals surface area (Å²) in [7, 11) is -1.74. The van der Waals surface area contributed by atoms with E-state index in [-0.39, 0.29) is 25.5 Å². The monoisotopic (exact) mass is 976 g/mol. The summed E-state index contributed by atoms with van der Waals surface area (Å²) in [6.07, 6.45) is 2.15. The Labute approximate surface area is 372 Å². The number of aryl methyl sites for hydroxylation is 1. The van der Waals surface area contributed by atoms with Crippen molar-refractivity contribution in [1.29, 1.82) is 0 Å². The molecule has 2 nitrogen and oxygen atoms in total. The number of thiophene rings is 1. The smallest absolute Gasteiger partial charge is 0.0798 e. The largest absolute Gasteiger partial charge is 0.305 e. The molecule has 3 heterocycles. The van der Waals surface area contributed by atoms with Crippen LogP contribution in [-0.4, -0.2) is 18.0 Å². The molecule has 0 amide bonds. The van der Waals surface area contributed by atoms with Crippen LogP contribution >= 0.6 is 11.3 Å². The minimum Gasteiger partial charge on any atom is -0.305 e.